The molecule has 0 aliphatic carbocycles. The number of carbonyl (C=O) groups excluding carboxylic acids is 1. The molecule has 0 unspecified atom stereocenters. The van der Waals surface area contributed by atoms with E-state index in [0.29, 0.717) is 20.2 Å². The number of benzene rings is 2. The van der Waals surface area contributed by atoms with Gasteiger partial charge in [-0.15, -0.1) is 0 Å². The summed E-state index contributed by atoms with van der Waals surface area (Å²) in [6.45, 7) is -0.346. The van der Waals surface area contributed by atoms with Gasteiger partial charge in [0.05, 0.1) is 10.7 Å². The largest absolute Gasteiger partial charge is 0.481 e. The molecule has 0 aromatic heterocycles. The highest BCUT2D eigenvalue weighted by Crippen LogP contribution is 2.25. The number of hydrogen-bond donors (Lipinski definition) is 1. The van der Waals surface area contributed by atoms with Crippen LogP contribution in [0.2, 0.25) is 10.0 Å². The van der Waals surface area contributed by atoms with Gasteiger partial charge in [-0.3, -0.25) is 4.79 Å². The fraction of sp³-hybridized carbons (Fsp3) is 0.0714. The Morgan fingerprint density at radius 3 is 2.71 bits per heavy atom. The Hall–Kier alpha value is -1.30. The highest BCUT2D eigenvalue weighted by atomic mass is 79.9. The molecule has 0 atom stereocenters. The SMILES string of the molecule is O=C(COc1ccc(Br)cc1F)Nc1cc(Cl)ccc1Cl. The van der Waals surface area contributed by atoms with Crippen molar-refractivity contribution in [1.29, 1.82) is 0 Å². The molecule has 0 heterocycles. The molecule has 21 heavy (non-hydrogen) atoms. The van der Waals surface area contributed by atoms with Crippen molar-refractivity contribution in [1.82, 2.24) is 0 Å². The zero-order valence-corrected chi connectivity index (χ0v) is 13.6. The highest BCUT2D eigenvalue weighted by Gasteiger charge is 2.09. The van der Waals surface area contributed by atoms with Crippen LogP contribution in [0.15, 0.2) is 40.9 Å². The number of anilines is 1. The van der Waals surface area contributed by atoms with Crippen LogP contribution in [0.4, 0.5) is 10.1 Å². The molecule has 1 amide bonds. The summed E-state index contributed by atoms with van der Waals surface area (Å²) in [6.07, 6.45) is 0. The molecule has 1 N–H and O–H groups in total. The minimum Gasteiger partial charge on any atom is -0.481 e. The van der Waals surface area contributed by atoms with Crippen LogP contribution in [0.3, 0.4) is 0 Å². The molecule has 0 spiro atoms. The van der Waals surface area contributed by atoms with E-state index in [4.69, 9.17) is 27.9 Å². The van der Waals surface area contributed by atoms with Crippen molar-refractivity contribution in [2.24, 2.45) is 0 Å². The second-order valence-corrected chi connectivity index (χ2v) is 5.80. The standard InChI is InChI=1S/C14H9BrCl2FNO2/c15-8-1-4-13(11(18)5-8)21-7-14(20)19-12-6-9(16)2-3-10(12)17/h1-6H,7H2,(H,19,20). The first-order valence-electron chi connectivity index (χ1n) is 5.78. The Bertz CT molecular complexity index is 682. The Balaban J connectivity index is 1.97. The maximum absolute atomic E-state index is 13.5. The maximum atomic E-state index is 13.5. The lowest BCUT2D eigenvalue weighted by Crippen LogP contribution is -2.20. The molecule has 7 heteroatoms. The van der Waals surface area contributed by atoms with Gasteiger partial charge in [-0.1, -0.05) is 39.1 Å². The van der Waals surface area contributed by atoms with Gasteiger partial charge in [0.25, 0.3) is 5.91 Å². The van der Waals surface area contributed by atoms with Crippen LogP contribution in [-0.4, -0.2) is 12.5 Å². The number of halogens is 4. The molecular formula is C14H9BrCl2FNO2. The van der Waals surface area contributed by atoms with Gasteiger partial charge in [0, 0.05) is 9.50 Å². The molecule has 0 saturated heterocycles. The quantitative estimate of drug-likeness (QED) is 0.802. The number of ether oxygens (including phenoxy) is 1. The molecule has 2 rings (SSSR count). The van der Waals surface area contributed by atoms with Gasteiger partial charge in [0.2, 0.25) is 0 Å². The van der Waals surface area contributed by atoms with Crippen LogP contribution in [0.1, 0.15) is 0 Å². The predicted octanol–water partition coefficient (Wildman–Crippen LogP) is 4.91. The van der Waals surface area contributed by atoms with Crippen LogP contribution in [-0.2, 0) is 4.79 Å². The molecule has 0 aliphatic rings. The van der Waals surface area contributed by atoms with E-state index in [1.54, 1.807) is 18.2 Å². The number of hydrogen-bond acceptors (Lipinski definition) is 2. The third-order valence-corrected chi connectivity index (χ3v) is 3.51. The third kappa shape index (κ3) is 4.59. The second kappa shape index (κ2) is 7.11. The summed E-state index contributed by atoms with van der Waals surface area (Å²) in [5.41, 5.74) is 0.369. The van der Waals surface area contributed by atoms with Crippen molar-refractivity contribution >= 4 is 50.7 Å². The van der Waals surface area contributed by atoms with Crippen molar-refractivity contribution in [3.05, 3.63) is 56.7 Å². The fourth-order valence-electron chi connectivity index (χ4n) is 1.52. The van der Waals surface area contributed by atoms with Crippen molar-refractivity contribution in [2.75, 3.05) is 11.9 Å². The van der Waals surface area contributed by atoms with E-state index in [2.05, 4.69) is 21.2 Å². The Morgan fingerprint density at radius 1 is 1.24 bits per heavy atom. The van der Waals surface area contributed by atoms with Crippen molar-refractivity contribution in [3.8, 4) is 5.75 Å². The molecule has 0 bridgehead atoms. The zero-order chi connectivity index (χ0) is 15.4. The molecule has 110 valence electrons. The number of amides is 1. The minimum absolute atomic E-state index is 0.00876. The Labute approximate surface area is 139 Å². The summed E-state index contributed by atoms with van der Waals surface area (Å²) in [4.78, 5) is 11.8. The monoisotopic (exact) mass is 391 g/mol. The van der Waals surface area contributed by atoms with Crippen LogP contribution in [0.25, 0.3) is 0 Å². The molecule has 0 saturated carbocycles. The second-order valence-electron chi connectivity index (χ2n) is 4.04. The summed E-state index contributed by atoms with van der Waals surface area (Å²) in [5, 5.41) is 3.33. The van der Waals surface area contributed by atoms with E-state index in [-0.39, 0.29) is 12.4 Å². The molecule has 0 fully saturated rings. The van der Waals surface area contributed by atoms with E-state index in [1.807, 2.05) is 0 Å². The van der Waals surface area contributed by atoms with Crippen LogP contribution < -0.4 is 10.1 Å². The lowest BCUT2D eigenvalue weighted by molar-refractivity contribution is -0.118. The Kier molecular flexibility index (Phi) is 5.45. The smallest absolute Gasteiger partial charge is 0.262 e. The first-order valence-corrected chi connectivity index (χ1v) is 7.33. The van der Waals surface area contributed by atoms with Gasteiger partial charge in [-0.2, -0.15) is 0 Å². The van der Waals surface area contributed by atoms with E-state index in [0.717, 1.165) is 0 Å². The lowest BCUT2D eigenvalue weighted by Gasteiger charge is -2.09. The summed E-state index contributed by atoms with van der Waals surface area (Å²) in [5.74, 6) is -1.04. The van der Waals surface area contributed by atoms with Crippen LogP contribution in [0.5, 0.6) is 5.75 Å². The topological polar surface area (TPSA) is 38.3 Å². The van der Waals surface area contributed by atoms with Gasteiger partial charge in [0.1, 0.15) is 0 Å². The van der Waals surface area contributed by atoms with Crippen molar-refractivity contribution < 1.29 is 13.9 Å². The predicted molar refractivity (Wildman–Crippen MR) is 84.7 cm³/mol. The van der Waals surface area contributed by atoms with Gasteiger partial charge in [-0.25, -0.2) is 4.39 Å². The first-order chi connectivity index (χ1) is 9.95. The van der Waals surface area contributed by atoms with E-state index in [1.165, 1.54) is 18.2 Å². The fourth-order valence-corrected chi connectivity index (χ4v) is 2.19. The molecule has 2 aromatic rings. The summed E-state index contributed by atoms with van der Waals surface area (Å²) in [6, 6.07) is 8.98. The minimum atomic E-state index is -0.557. The number of rotatable bonds is 4. The molecule has 0 aliphatic heterocycles. The van der Waals surface area contributed by atoms with E-state index in [9.17, 15) is 9.18 Å². The van der Waals surface area contributed by atoms with Gasteiger partial charge >= 0.3 is 0 Å². The average Bonchev–Trinajstić information content (AvgIpc) is 2.42. The zero-order valence-electron chi connectivity index (χ0n) is 10.5. The lowest BCUT2D eigenvalue weighted by atomic mass is 10.3. The average molecular weight is 393 g/mol. The summed E-state index contributed by atoms with van der Waals surface area (Å²) >= 11 is 14.9. The van der Waals surface area contributed by atoms with Crippen molar-refractivity contribution in [3.63, 3.8) is 0 Å². The molecule has 3 nitrogen and oxygen atoms in total. The van der Waals surface area contributed by atoms with Crippen LogP contribution in [0, 0.1) is 5.82 Å². The highest BCUT2D eigenvalue weighted by molar-refractivity contribution is 9.10. The van der Waals surface area contributed by atoms with E-state index >= 15 is 0 Å². The molecular weight excluding hydrogens is 384 g/mol. The van der Waals surface area contributed by atoms with Crippen molar-refractivity contribution in [2.45, 2.75) is 0 Å². The van der Waals surface area contributed by atoms with E-state index < -0.39 is 11.7 Å². The summed E-state index contributed by atoms with van der Waals surface area (Å²) in [7, 11) is 0. The van der Waals surface area contributed by atoms with Gasteiger partial charge < -0.3 is 10.1 Å². The Morgan fingerprint density at radius 2 is 2.00 bits per heavy atom. The first kappa shape index (κ1) is 16.1. The normalized spacial score (nSPS) is 10.3. The molecule has 2 aromatic carbocycles. The van der Waals surface area contributed by atoms with Gasteiger partial charge in [-0.05, 0) is 36.4 Å². The van der Waals surface area contributed by atoms with Crippen LogP contribution >= 0.6 is 39.1 Å². The number of nitrogens with one attached hydrogen (secondary N) is 1. The number of carbonyl (C=O) groups is 1. The molecule has 0 radical (unpaired) electrons. The van der Waals surface area contributed by atoms with Gasteiger partial charge in [0.15, 0.2) is 18.2 Å². The maximum Gasteiger partial charge on any atom is 0.262 e. The summed E-state index contributed by atoms with van der Waals surface area (Å²) < 4.78 is 19.2. The third-order valence-electron chi connectivity index (χ3n) is 2.46.